The molecule has 0 atom stereocenters. The van der Waals surface area contributed by atoms with Crippen LogP contribution in [-0.2, 0) is 21.4 Å². The second-order valence-corrected chi connectivity index (χ2v) is 8.27. The molecule has 0 bridgehead atoms. The number of hydrogen-bond acceptors (Lipinski definition) is 4. The summed E-state index contributed by atoms with van der Waals surface area (Å²) >= 11 is 6.17. The van der Waals surface area contributed by atoms with Gasteiger partial charge in [0, 0.05) is 17.9 Å². The van der Waals surface area contributed by atoms with Gasteiger partial charge in [0.15, 0.2) is 5.78 Å². The highest BCUT2D eigenvalue weighted by molar-refractivity contribution is 7.90. The average Bonchev–Trinajstić information content (AvgIpc) is 2.97. The third-order valence-electron chi connectivity index (χ3n) is 4.10. The van der Waals surface area contributed by atoms with E-state index in [0.717, 1.165) is 3.97 Å². The van der Waals surface area contributed by atoms with Gasteiger partial charge in [0.2, 0.25) is 5.91 Å². The predicted octanol–water partition coefficient (Wildman–Crippen LogP) is 3.37. The molecule has 0 aliphatic heterocycles. The topological polar surface area (TPSA) is 85.2 Å². The molecule has 2 aromatic carbocycles. The molecule has 6 nitrogen and oxygen atoms in total. The maximum absolute atomic E-state index is 13.3. The number of carbonyl (C=O) groups is 2. The standard InChI is InChI=1S/C19H17ClN2O4S/c1-12(23)17-10-19-14(9-18(17)20)8-15(11-21-13(2)24)22(19)27(25,26)16-6-4-3-5-7-16/h3-10H,11H2,1-2H3,(H,21,24). The molecule has 0 aliphatic rings. The third kappa shape index (κ3) is 3.61. The molecule has 27 heavy (non-hydrogen) atoms. The van der Waals surface area contributed by atoms with Crippen molar-refractivity contribution in [1.82, 2.24) is 9.29 Å². The number of nitrogens with one attached hydrogen (secondary N) is 1. The Morgan fingerprint density at radius 2 is 1.74 bits per heavy atom. The van der Waals surface area contributed by atoms with Crippen molar-refractivity contribution < 1.29 is 18.0 Å². The maximum Gasteiger partial charge on any atom is 0.268 e. The summed E-state index contributed by atoms with van der Waals surface area (Å²) in [5.41, 5.74) is 0.924. The Morgan fingerprint density at radius 1 is 1.07 bits per heavy atom. The summed E-state index contributed by atoms with van der Waals surface area (Å²) < 4.78 is 27.7. The number of benzene rings is 2. The van der Waals surface area contributed by atoms with Crippen LogP contribution in [0.4, 0.5) is 0 Å². The molecule has 1 N–H and O–H groups in total. The highest BCUT2D eigenvalue weighted by Crippen LogP contribution is 2.30. The molecule has 1 amide bonds. The highest BCUT2D eigenvalue weighted by atomic mass is 35.5. The van der Waals surface area contributed by atoms with Crippen molar-refractivity contribution >= 4 is 44.2 Å². The molecule has 0 spiro atoms. The minimum atomic E-state index is -3.95. The van der Waals surface area contributed by atoms with E-state index in [2.05, 4.69) is 5.32 Å². The fourth-order valence-corrected chi connectivity index (χ4v) is 4.71. The molecule has 1 heterocycles. The van der Waals surface area contributed by atoms with Gasteiger partial charge in [0.25, 0.3) is 10.0 Å². The molecule has 3 rings (SSSR count). The zero-order chi connectivity index (χ0) is 19.8. The van der Waals surface area contributed by atoms with Crippen LogP contribution in [0.25, 0.3) is 10.9 Å². The molecule has 0 saturated heterocycles. The van der Waals surface area contributed by atoms with E-state index in [-0.39, 0.29) is 33.7 Å². The van der Waals surface area contributed by atoms with Crippen LogP contribution in [0, 0.1) is 0 Å². The SMILES string of the molecule is CC(=O)NCc1cc2cc(Cl)c(C(C)=O)cc2n1S(=O)(=O)c1ccccc1. The lowest BCUT2D eigenvalue weighted by atomic mass is 10.1. The summed E-state index contributed by atoms with van der Waals surface area (Å²) in [4.78, 5) is 23.3. The maximum atomic E-state index is 13.3. The molecule has 0 aliphatic carbocycles. The van der Waals surface area contributed by atoms with E-state index in [9.17, 15) is 18.0 Å². The van der Waals surface area contributed by atoms with Crippen LogP contribution in [0.5, 0.6) is 0 Å². The van der Waals surface area contributed by atoms with E-state index in [1.165, 1.54) is 32.0 Å². The zero-order valence-corrected chi connectivity index (χ0v) is 16.3. The molecular weight excluding hydrogens is 388 g/mol. The fourth-order valence-electron chi connectivity index (χ4n) is 2.85. The van der Waals surface area contributed by atoms with Crippen LogP contribution in [0.2, 0.25) is 5.02 Å². The van der Waals surface area contributed by atoms with Gasteiger partial charge in [0.05, 0.1) is 27.7 Å². The van der Waals surface area contributed by atoms with Crippen molar-refractivity contribution in [3.05, 3.63) is 64.8 Å². The van der Waals surface area contributed by atoms with E-state index < -0.39 is 10.0 Å². The first-order valence-corrected chi connectivity index (χ1v) is 9.93. The summed E-state index contributed by atoms with van der Waals surface area (Å²) in [6.07, 6.45) is 0. The summed E-state index contributed by atoms with van der Waals surface area (Å²) in [5, 5.41) is 3.42. The van der Waals surface area contributed by atoms with Gasteiger partial charge in [-0.05, 0) is 37.3 Å². The number of halogens is 1. The number of nitrogens with zero attached hydrogens (tertiary/aromatic N) is 1. The van der Waals surface area contributed by atoms with Gasteiger partial charge >= 0.3 is 0 Å². The van der Waals surface area contributed by atoms with Crippen LogP contribution >= 0.6 is 11.6 Å². The minimum absolute atomic E-state index is 0.0170. The van der Waals surface area contributed by atoms with Crippen molar-refractivity contribution in [2.75, 3.05) is 0 Å². The van der Waals surface area contributed by atoms with Crippen LogP contribution in [0.15, 0.2) is 53.4 Å². The number of hydrogen-bond donors (Lipinski definition) is 1. The monoisotopic (exact) mass is 404 g/mol. The van der Waals surface area contributed by atoms with E-state index >= 15 is 0 Å². The summed E-state index contributed by atoms with van der Waals surface area (Å²) in [6.45, 7) is 2.73. The Bertz CT molecular complexity index is 1150. The molecule has 0 radical (unpaired) electrons. The number of carbonyl (C=O) groups excluding carboxylic acids is 2. The van der Waals surface area contributed by atoms with Crippen molar-refractivity contribution in [1.29, 1.82) is 0 Å². The number of amides is 1. The largest absolute Gasteiger partial charge is 0.351 e. The molecule has 140 valence electrons. The average molecular weight is 405 g/mol. The molecule has 0 fully saturated rings. The summed E-state index contributed by atoms with van der Waals surface area (Å²) in [6, 6.07) is 12.6. The molecule has 1 aromatic heterocycles. The summed E-state index contributed by atoms with van der Waals surface area (Å²) in [7, 11) is -3.95. The minimum Gasteiger partial charge on any atom is -0.351 e. The number of Topliss-reactive ketones (excluding diaryl/α,β-unsaturated/α-hetero) is 1. The van der Waals surface area contributed by atoms with Crippen molar-refractivity contribution in [2.24, 2.45) is 0 Å². The lowest BCUT2D eigenvalue weighted by molar-refractivity contribution is -0.119. The van der Waals surface area contributed by atoms with Crippen molar-refractivity contribution in [2.45, 2.75) is 25.3 Å². The van der Waals surface area contributed by atoms with Crippen molar-refractivity contribution in [3.8, 4) is 0 Å². The lowest BCUT2D eigenvalue weighted by Gasteiger charge is -2.13. The number of rotatable bonds is 5. The second-order valence-electron chi connectivity index (χ2n) is 6.07. The van der Waals surface area contributed by atoms with E-state index in [1.807, 2.05) is 0 Å². The Morgan fingerprint density at radius 3 is 2.33 bits per heavy atom. The van der Waals surface area contributed by atoms with E-state index in [0.29, 0.717) is 16.6 Å². The van der Waals surface area contributed by atoms with Gasteiger partial charge in [-0.2, -0.15) is 0 Å². The number of ketones is 1. The van der Waals surface area contributed by atoms with Crippen LogP contribution in [0.3, 0.4) is 0 Å². The predicted molar refractivity (Wildman–Crippen MR) is 103 cm³/mol. The van der Waals surface area contributed by atoms with Crippen LogP contribution in [-0.4, -0.2) is 24.1 Å². The lowest BCUT2D eigenvalue weighted by Crippen LogP contribution is -2.23. The van der Waals surface area contributed by atoms with Gasteiger partial charge in [-0.1, -0.05) is 29.8 Å². The molecule has 0 saturated carbocycles. The van der Waals surface area contributed by atoms with Crippen LogP contribution < -0.4 is 5.32 Å². The molecular formula is C19H17ClN2O4S. The first-order valence-electron chi connectivity index (χ1n) is 8.11. The van der Waals surface area contributed by atoms with Crippen molar-refractivity contribution in [3.63, 3.8) is 0 Å². The van der Waals surface area contributed by atoms with Gasteiger partial charge in [-0.25, -0.2) is 12.4 Å². The van der Waals surface area contributed by atoms with Gasteiger partial charge in [-0.3, -0.25) is 9.59 Å². The number of fused-ring (bicyclic) bond motifs is 1. The highest BCUT2D eigenvalue weighted by Gasteiger charge is 2.24. The molecule has 3 aromatic rings. The van der Waals surface area contributed by atoms with Crippen LogP contribution in [0.1, 0.15) is 29.9 Å². The van der Waals surface area contributed by atoms with E-state index in [4.69, 9.17) is 11.6 Å². The first-order chi connectivity index (χ1) is 12.7. The van der Waals surface area contributed by atoms with Gasteiger partial charge in [-0.15, -0.1) is 0 Å². The van der Waals surface area contributed by atoms with Gasteiger partial charge in [0.1, 0.15) is 0 Å². The van der Waals surface area contributed by atoms with Gasteiger partial charge < -0.3 is 5.32 Å². The quantitative estimate of drug-likeness (QED) is 0.660. The molecule has 8 heteroatoms. The molecule has 0 unspecified atom stereocenters. The van der Waals surface area contributed by atoms with E-state index in [1.54, 1.807) is 30.3 Å². The Kier molecular flexibility index (Phi) is 5.08. The third-order valence-corrected chi connectivity index (χ3v) is 6.19. The summed E-state index contributed by atoms with van der Waals surface area (Å²) in [5.74, 6) is -0.554. The Labute approximate surface area is 161 Å². The first kappa shape index (κ1) is 19.1. The Balaban J connectivity index is 2.32. The second kappa shape index (κ2) is 7.17. The fraction of sp³-hybridized carbons (Fsp3) is 0.158. The smallest absolute Gasteiger partial charge is 0.268 e. The Hall–Kier alpha value is -2.64. The zero-order valence-electron chi connectivity index (χ0n) is 14.7. The normalized spacial score (nSPS) is 11.5. The number of aromatic nitrogens is 1.